The van der Waals surface area contributed by atoms with E-state index in [4.69, 9.17) is 5.26 Å². The van der Waals surface area contributed by atoms with E-state index in [1.54, 1.807) is 18.2 Å². The van der Waals surface area contributed by atoms with E-state index >= 15 is 0 Å². The molecule has 1 aromatic carbocycles. The first kappa shape index (κ1) is 10.7. The molecule has 4 heteroatoms. The maximum absolute atomic E-state index is 11.2. The molecule has 0 radical (unpaired) electrons. The first-order chi connectivity index (χ1) is 6.45. The van der Waals surface area contributed by atoms with Gasteiger partial charge >= 0.3 is 0 Å². The van der Waals surface area contributed by atoms with Gasteiger partial charge < -0.3 is 0 Å². The fourth-order valence-corrected chi connectivity index (χ4v) is 1.83. The van der Waals surface area contributed by atoms with Gasteiger partial charge in [0.2, 0.25) is 0 Å². The predicted molar refractivity (Wildman–Crippen MR) is 53.6 cm³/mol. The Hall–Kier alpha value is -1.34. The number of hydrogen-bond acceptors (Lipinski definition) is 3. The largest absolute Gasteiger partial charge is 0.224 e. The fraction of sp³-hybridized carbons (Fsp3) is 0.300. The quantitative estimate of drug-likeness (QED) is 0.741. The summed E-state index contributed by atoms with van der Waals surface area (Å²) in [4.78, 5) is 0.272. The molecule has 1 rings (SSSR count). The molecule has 0 unspecified atom stereocenters. The Morgan fingerprint density at radius 2 is 2.07 bits per heavy atom. The van der Waals surface area contributed by atoms with Crippen LogP contribution in [0.4, 0.5) is 0 Å². The third-order valence-corrected chi connectivity index (χ3v) is 3.13. The van der Waals surface area contributed by atoms with Crippen molar-refractivity contribution in [2.45, 2.75) is 18.2 Å². The smallest absolute Gasteiger partial charge is 0.175 e. The SMILES string of the molecule is Cc1ccc(S(C)(=O)=O)cc1CC#N. The average molecular weight is 209 g/mol. The molecule has 0 amide bonds. The molecule has 0 aliphatic rings. The van der Waals surface area contributed by atoms with Crippen LogP contribution in [0.5, 0.6) is 0 Å². The summed E-state index contributed by atoms with van der Waals surface area (Å²) in [6, 6.07) is 6.86. The lowest BCUT2D eigenvalue weighted by Crippen LogP contribution is -1.99. The van der Waals surface area contributed by atoms with Gasteiger partial charge in [0.15, 0.2) is 9.84 Å². The van der Waals surface area contributed by atoms with Gasteiger partial charge in [-0.25, -0.2) is 8.42 Å². The van der Waals surface area contributed by atoms with Crippen molar-refractivity contribution in [1.82, 2.24) is 0 Å². The van der Waals surface area contributed by atoms with Crippen LogP contribution in [-0.2, 0) is 16.3 Å². The zero-order chi connectivity index (χ0) is 10.8. The Labute approximate surface area is 83.9 Å². The first-order valence-corrected chi connectivity index (χ1v) is 6.01. The Kier molecular flexibility index (Phi) is 2.92. The zero-order valence-corrected chi connectivity index (χ0v) is 8.93. The number of sulfone groups is 1. The first-order valence-electron chi connectivity index (χ1n) is 4.11. The second-order valence-corrected chi connectivity index (χ2v) is 5.21. The second kappa shape index (κ2) is 3.81. The monoisotopic (exact) mass is 209 g/mol. The van der Waals surface area contributed by atoms with Crippen molar-refractivity contribution in [3.8, 4) is 6.07 Å². The molecule has 1 aromatic rings. The molecular formula is C10H11NO2S. The van der Waals surface area contributed by atoms with Crippen LogP contribution in [0, 0.1) is 18.3 Å². The minimum atomic E-state index is -3.17. The van der Waals surface area contributed by atoms with Crippen molar-refractivity contribution >= 4 is 9.84 Å². The summed E-state index contributed by atoms with van der Waals surface area (Å²) in [7, 11) is -3.17. The highest BCUT2D eigenvalue weighted by atomic mass is 32.2. The van der Waals surface area contributed by atoms with Crippen molar-refractivity contribution in [3.63, 3.8) is 0 Å². The summed E-state index contributed by atoms with van der Waals surface area (Å²) in [6.45, 7) is 1.86. The number of benzene rings is 1. The summed E-state index contributed by atoms with van der Waals surface area (Å²) in [6.07, 6.45) is 1.41. The highest BCUT2D eigenvalue weighted by Gasteiger charge is 2.08. The van der Waals surface area contributed by atoms with Crippen LogP contribution in [0.3, 0.4) is 0 Å². The molecule has 0 fully saturated rings. The van der Waals surface area contributed by atoms with E-state index in [9.17, 15) is 8.42 Å². The number of rotatable bonds is 2. The Balaban J connectivity index is 3.28. The van der Waals surface area contributed by atoms with Gasteiger partial charge in [0.25, 0.3) is 0 Å². The van der Waals surface area contributed by atoms with E-state index in [0.29, 0.717) is 0 Å². The van der Waals surface area contributed by atoms with E-state index in [-0.39, 0.29) is 11.3 Å². The lowest BCUT2D eigenvalue weighted by Gasteiger charge is -2.04. The third kappa shape index (κ3) is 2.33. The van der Waals surface area contributed by atoms with Crippen LogP contribution < -0.4 is 0 Å². The van der Waals surface area contributed by atoms with Crippen molar-refractivity contribution in [2.24, 2.45) is 0 Å². The highest BCUT2D eigenvalue weighted by molar-refractivity contribution is 7.90. The number of aryl methyl sites for hydroxylation is 1. The van der Waals surface area contributed by atoms with Crippen LogP contribution in [0.2, 0.25) is 0 Å². The lowest BCUT2D eigenvalue weighted by atomic mass is 10.1. The maximum Gasteiger partial charge on any atom is 0.175 e. The van der Waals surface area contributed by atoms with E-state index in [0.717, 1.165) is 17.4 Å². The van der Waals surface area contributed by atoms with Crippen LogP contribution in [0.25, 0.3) is 0 Å². The summed E-state index contributed by atoms with van der Waals surface area (Å²) in [5.74, 6) is 0. The van der Waals surface area contributed by atoms with Crippen molar-refractivity contribution in [2.75, 3.05) is 6.26 Å². The minimum Gasteiger partial charge on any atom is -0.224 e. The van der Waals surface area contributed by atoms with Crippen LogP contribution >= 0.6 is 0 Å². The molecule has 0 atom stereocenters. The molecule has 0 N–H and O–H groups in total. The molecule has 14 heavy (non-hydrogen) atoms. The minimum absolute atomic E-state index is 0.245. The van der Waals surface area contributed by atoms with E-state index in [1.807, 2.05) is 13.0 Å². The Bertz CT molecular complexity index is 483. The van der Waals surface area contributed by atoms with Crippen molar-refractivity contribution < 1.29 is 8.42 Å². The maximum atomic E-state index is 11.2. The van der Waals surface area contributed by atoms with Gasteiger partial charge in [-0.1, -0.05) is 6.07 Å². The molecule has 0 aromatic heterocycles. The van der Waals surface area contributed by atoms with Crippen LogP contribution in [-0.4, -0.2) is 14.7 Å². The molecule has 0 aliphatic heterocycles. The third-order valence-electron chi connectivity index (χ3n) is 2.02. The van der Waals surface area contributed by atoms with Gasteiger partial charge in [0.05, 0.1) is 17.4 Å². The summed E-state index contributed by atoms with van der Waals surface area (Å²) >= 11 is 0. The molecule has 0 saturated heterocycles. The molecule has 0 saturated carbocycles. The molecule has 0 heterocycles. The Morgan fingerprint density at radius 3 is 2.57 bits per heavy atom. The normalized spacial score (nSPS) is 10.9. The number of nitrogens with zero attached hydrogens (tertiary/aromatic N) is 1. The van der Waals surface area contributed by atoms with Gasteiger partial charge in [0, 0.05) is 6.26 Å². The lowest BCUT2D eigenvalue weighted by molar-refractivity contribution is 0.601. The van der Waals surface area contributed by atoms with Gasteiger partial charge in [-0.2, -0.15) is 5.26 Å². The molecule has 3 nitrogen and oxygen atoms in total. The summed E-state index contributed by atoms with van der Waals surface area (Å²) < 4.78 is 22.4. The van der Waals surface area contributed by atoms with E-state index < -0.39 is 9.84 Å². The van der Waals surface area contributed by atoms with Gasteiger partial charge in [-0.3, -0.25) is 0 Å². The summed E-state index contributed by atoms with van der Waals surface area (Å²) in [5, 5.41) is 8.54. The van der Waals surface area contributed by atoms with Gasteiger partial charge in [-0.15, -0.1) is 0 Å². The van der Waals surface area contributed by atoms with Crippen molar-refractivity contribution in [3.05, 3.63) is 29.3 Å². The Morgan fingerprint density at radius 1 is 1.43 bits per heavy atom. The molecule has 74 valence electrons. The zero-order valence-electron chi connectivity index (χ0n) is 8.11. The molecule has 0 aliphatic carbocycles. The summed E-state index contributed by atoms with van der Waals surface area (Å²) in [5.41, 5.74) is 1.72. The highest BCUT2D eigenvalue weighted by Crippen LogP contribution is 2.15. The topological polar surface area (TPSA) is 57.9 Å². The number of nitriles is 1. The molecular weight excluding hydrogens is 198 g/mol. The van der Waals surface area contributed by atoms with Crippen LogP contribution in [0.1, 0.15) is 11.1 Å². The fourth-order valence-electron chi connectivity index (χ4n) is 1.15. The number of hydrogen-bond donors (Lipinski definition) is 0. The van der Waals surface area contributed by atoms with E-state index in [1.165, 1.54) is 0 Å². The van der Waals surface area contributed by atoms with E-state index in [2.05, 4.69) is 0 Å². The standard InChI is InChI=1S/C10H11NO2S/c1-8-3-4-10(14(2,12)13)7-9(8)5-6-11/h3-4,7H,5H2,1-2H3. The van der Waals surface area contributed by atoms with Crippen LogP contribution in [0.15, 0.2) is 23.1 Å². The van der Waals surface area contributed by atoms with Gasteiger partial charge in [0.1, 0.15) is 0 Å². The predicted octanol–water partition coefficient (Wildman–Crippen LogP) is 1.46. The molecule has 0 spiro atoms. The van der Waals surface area contributed by atoms with Gasteiger partial charge in [-0.05, 0) is 30.2 Å². The average Bonchev–Trinajstić information content (AvgIpc) is 2.07. The molecule has 0 bridgehead atoms. The van der Waals surface area contributed by atoms with Crippen molar-refractivity contribution in [1.29, 1.82) is 5.26 Å². The second-order valence-electron chi connectivity index (χ2n) is 3.20.